The molecule has 1 rings (SSSR count). The Hall–Kier alpha value is -1.95. The van der Waals surface area contributed by atoms with Crippen LogP contribution in [0.15, 0.2) is 30.3 Å². The summed E-state index contributed by atoms with van der Waals surface area (Å²) >= 11 is 0. The fourth-order valence-corrected chi connectivity index (χ4v) is 2.00. The fraction of sp³-hybridized carbons (Fsp3) is 0.529. The Morgan fingerprint density at radius 1 is 1.09 bits per heavy atom. The number of hydrogen-bond acceptors (Lipinski definition) is 5. The van der Waals surface area contributed by atoms with Gasteiger partial charge < -0.3 is 14.2 Å². The molecule has 0 spiro atoms. The van der Waals surface area contributed by atoms with Crippen molar-refractivity contribution in [3.05, 3.63) is 35.9 Å². The molecule has 0 aliphatic rings. The number of ether oxygens (including phenoxy) is 3. The maximum Gasteiger partial charge on any atom is 0.341 e. The zero-order chi connectivity index (χ0) is 17.1. The van der Waals surface area contributed by atoms with Gasteiger partial charge in [-0.2, -0.15) is 0 Å². The average molecular weight is 326 g/mol. The van der Waals surface area contributed by atoms with Crippen molar-refractivity contribution in [2.24, 2.45) is 5.92 Å². The van der Waals surface area contributed by atoms with Crippen LogP contribution in [0.1, 0.15) is 25.8 Å². The fourth-order valence-electron chi connectivity index (χ4n) is 2.00. The number of benzene rings is 1. The lowest BCUT2D eigenvalue weighted by atomic mass is 10.0. The molecule has 0 fully saturated rings. The van der Waals surface area contributed by atoms with E-state index < -0.39 is 24.0 Å². The molecule has 5 nitrogen and oxygen atoms in total. The molecule has 2 unspecified atom stereocenters. The van der Waals surface area contributed by atoms with Crippen LogP contribution in [-0.4, -0.2) is 37.9 Å². The molecule has 128 valence electrons. The minimum atomic E-state index is -1.92. The molecule has 0 saturated carbocycles. The van der Waals surface area contributed by atoms with E-state index in [0.717, 1.165) is 5.56 Å². The monoisotopic (exact) mass is 326 g/mol. The summed E-state index contributed by atoms with van der Waals surface area (Å²) in [4.78, 5) is 23.1. The van der Waals surface area contributed by atoms with Gasteiger partial charge in [0.2, 0.25) is 6.17 Å². The Morgan fingerprint density at radius 2 is 1.74 bits per heavy atom. The van der Waals surface area contributed by atoms with Gasteiger partial charge in [0.25, 0.3) is 0 Å². The van der Waals surface area contributed by atoms with Gasteiger partial charge in [-0.25, -0.2) is 9.18 Å². The Kier molecular flexibility index (Phi) is 8.90. The van der Waals surface area contributed by atoms with Crippen LogP contribution in [-0.2, 0) is 30.4 Å². The second kappa shape index (κ2) is 10.7. The lowest BCUT2D eigenvalue weighted by Crippen LogP contribution is -2.32. The summed E-state index contributed by atoms with van der Waals surface area (Å²) in [7, 11) is 0. The van der Waals surface area contributed by atoms with E-state index >= 15 is 0 Å². The number of rotatable bonds is 10. The molecule has 0 aliphatic heterocycles. The van der Waals surface area contributed by atoms with E-state index in [1.54, 1.807) is 13.8 Å². The predicted molar refractivity (Wildman–Crippen MR) is 82.4 cm³/mol. The summed E-state index contributed by atoms with van der Waals surface area (Å²) in [5, 5.41) is 0. The van der Waals surface area contributed by atoms with Gasteiger partial charge in [-0.15, -0.1) is 0 Å². The first-order valence-corrected chi connectivity index (χ1v) is 7.66. The van der Waals surface area contributed by atoms with Crippen LogP contribution in [0.25, 0.3) is 0 Å². The third-order valence-corrected chi connectivity index (χ3v) is 3.10. The number of halogens is 1. The summed E-state index contributed by atoms with van der Waals surface area (Å²) in [5.74, 6) is -2.48. The summed E-state index contributed by atoms with van der Waals surface area (Å²) in [6, 6.07) is 9.36. The predicted octanol–water partition coefficient (Wildman–Crippen LogP) is 2.67. The first-order chi connectivity index (χ1) is 11.1. The van der Waals surface area contributed by atoms with E-state index in [-0.39, 0.29) is 32.8 Å². The van der Waals surface area contributed by atoms with Crippen LogP contribution in [0.2, 0.25) is 0 Å². The number of alkyl halides is 1. The molecule has 0 bridgehead atoms. The minimum Gasteiger partial charge on any atom is -0.466 e. The van der Waals surface area contributed by atoms with Crippen LogP contribution in [0.4, 0.5) is 4.39 Å². The van der Waals surface area contributed by atoms with Crippen LogP contribution in [0.3, 0.4) is 0 Å². The lowest BCUT2D eigenvalue weighted by molar-refractivity contribution is -0.155. The van der Waals surface area contributed by atoms with Crippen molar-refractivity contribution in [1.82, 2.24) is 0 Å². The molecule has 1 aromatic carbocycles. The van der Waals surface area contributed by atoms with E-state index in [1.165, 1.54) is 0 Å². The van der Waals surface area contributed by atoms with Gasteiger partial charge in [-0.1, -0.05) is 30.3 Å². The first-order valence-electron chi connectivity index (χ1n) is 7.66. The largest absolute Gasteiger partial charge is 0.466 e. The first kappa shape index (κ1) is 19.1. The zero-order valence-corrected chi connectivity index (χ0v) is 13.5. The number of carbonyl (C=O) groups excluding carboxylic acids is 2. The highest BCUT2D eigenvalue weighted by Gasteiger charge is 2.32. The minimum absolute atomic E-state index is 0.0757. The maximum atomic E-state index is 14.2. The number of carbonyl (C=O) groups is 2. The molecule has 0 saturated heterocycles. The van der Waals surface area contributed by atoms with Gasteiger partial charge in [0.15, 0.2) is 0 Å². The number of hydrogen-bond donors (Lipinski definition) is 0. The van der Waals surface area contributed by atoms with Crippen molar-refractivity contribution >= 4 is 11.9 Å². The van der Waals surface area contributed by atoms with E-state index in [1.807, 2.05) is 30.3 Å². The van der Waals surface area contributed by atoms with Gasteiger partial charge >= 0.3 is 11.9 Å². The summed E-state index contributed by atoms with van der Waals surface area (Å²) < 4.78 is 29.1. The van der Waals surface area contributed by atoms with Gasteiger partial charge in [0.1, 0.15) is 0 Å². The Balaban J connectivity index is 2.58. The highest BCUT2D eigenvalue weighted by molar-refractivity contribution is 5.77. The van der Waals surface area contributed by atoms with E-state index in [4.69, 9.17) is 9.47 Å². The Morgan fingerprint density at radius 3 is 2.35 bits per heavy atom. The Bertz CT molecular complexity index is 477. The molecule has 23 heavy (non-hydrogen) atoms. The lowest BCUT2D eigenvalue weighted by Gasteiger charge is -2.19. The van der Waals surface area contributed by atoms with E-state index in [0.29, 0.717) is 0 Å². The second-order valence-electron chi connectivity index (χ2n) is 4.92. The topological polar surface area (TPSA) is 61.8 Å². The SMILES string of the molecule is CCOC(=O)CC(COCc1ccccc1)C(F)C(=O)OCC. The van der Waals surface area contributed by atoms with E-state index in [2.05, 4.69) is 4.74 Å². The third kappa shape index (κ3) is 7.23. The number of esters is 2. The van der Waals surface area contributed by atoms with Crippen molar-refractivity contribution in [2.45, 2.75) is 33.0 Å². The molecule has 1 aromatic rings. The highest BCUT2D eigenvalue weighted by Crippen LogP contribution is 2.17. The summed E-state index contributed by atoms with van der Waals surface area (Å²) in [6.45, 7) is 3.74. The molecule has 2 atom stereocenters. The second-order valence-corrected chi connectivity index (χ2v) is 4.92. The molecule has 0 aliphatic carbocycles. The van der Waals surface area contributed by atoms with Crippen LogP contribution in [0, 0.1) is 5.92 Å². The van der Waals surface area contributed by atoms with Crippen molar-refractivity contribution in [1.29, 1.82) is 0 Å². The van der Waals surface area contributed by atoms with E-state index in [9.17, 15) is 14.0 Å². The third-order valence-electron chi connectivity index (χ3n) is 3.10. The quantitative estimate of drug-likeness (QED) is 0.619. The molecule has 0 amide bonds. The zero-order valence-electron chi connectivity index (χ0n) is 13.5. The average Bonchev–Trinajstić information content (AvgIpc) is 2.54. The van der Waals surface area contributed by atoms with Crippen molar-refractivity contribution < 1.29 is 28.2 Å². The van der Waals surface area contributed by atoms with Crippen LogP contribution < -0.4 is 0 Å². The van der Waals surface area contributed by atoms with Crippen molar-refractivity contribution in [3.63, 3.8) is 0 Å². The van der Waals surface area contributed by atoms with Gasteiger partial charge in [-0.05, 0) is 19.4 Å². The summed E-state index contributed by atoms with van der Waals surface area (Å²) in [6.07, 6.45) is -2.15. The van der Waals surface area contributed by atoms with Crippen molar-refractivity contribution in [2.75, 3.05) is 19.8 Å². The molecule has 0 radical (unpaired) electrons. The van der Waals surface area contributed by atoms with Gasteiger partial charge in [0, 0.05) is 5.92 Å². The Labute approximate surface area is 135 Å². The normalized spacial score (nSPS) is 13.2. The smallest absolute Gasteiger partial charge is 0.341 e. The van der Waals surface area contributed by atoms with Crippen molar-refractivity contribution in [3.8, 4) is 0 Å². The highest BCUT2D eigenvalue weighted by atomic mass is 19.1. The maximum absolute atomic E-state index is 14.2. The van der Waals surface area contributed by atoms with Crippen LogP contribution >= 0.6 is 0 Å². The van der Waals surface area contributed by atoms with Crippen LogP contribution in [0.5, 0.6) is 0 Å². The molecule has 0 N–H and O–H groups in total. The molecule has 6 heteroatoms. The standard InChI is InChI=1S/C17H23FO5/c1-3-22-15(19)10-14(16(18)17(20)23-4-2)12-21-11-13-8-6-5-7-9-13/h5-9,14,16H,3-4,10-12H2,1-2H3. The molecular weight excluding hydrogens is 303 g/mol. The molecule has 0 heterocycles. The summed E-state index contributed by atoms with van der Waals surface area (Å²) in [5.41, 5.74) is 0.925. The molecular formula is C17H23FO5. The van der Waals surface area contributed by atoms with Gasteiger partial charge in [-0.3, -0.25) is 4.79 Å². The molecule has 0 aromatic heterocycles. The van der Waals surface area contributed by atoms with Gasteiger partial charge in [0.05, 0.1) is 32.8 Å².